The van der Waals surface area contributed by atoms with Crippen molar-refractivity contribution in [1.29, 1.82) is 0 Å². The van der Waals surface area contributed by atoms with E-state index in [2.05, 4.69) is 0 Å². The molecule has 0 unspecified atom stereocenters. The van der Waals surface area contributed by atoms with Crippen LogP contribution in [0.25, 0.3) is 0 Å². The molecule has 7 heteroatoms. The third kappa shape index (κ3) is 8.39. The summed E-state index contributed by atoms with van der Waals surface area (Å²) in [7, 11) is 4.51. The number of hydroxylamine groups is 2. The number of nitrogens with zero attached hydrogens (tertiary/aromatic N) is 2. The van der Waals surface area contributed by atoms with Crippen molar-refractivity contribution in [2.45, 2.75) is 26.4 Å². The van der Waals surface area contributed by atoms with Crippen LogP contribution in [0.4, 0.5) is 4.79 Å². The molecule has 0 bridgehead atoms. The molecule has 0 N–H and O–H groups in total. The molecule has 0 saturated heterocycles. The maximum Gasteiger partial charge on any atom is 0.410 e. The topological polar surface area (TPSA) is 68.3 Å². The Balaban J connectivity index is 3.83. The second kappa shape index (κ2) is 7.96. The molecule has 0 heterocycles. The van der Waals surface area contributed by atoms with Crippen molar-refractivity contribution in [1.82, 2.24) is 9.96 Å². The van der Waals surface area contributed by atoms with Crippen molar-refractivity contribution in [3.05, 3.63) is 0 Å². The van der Waals surface area contributed by atoms with Gasteiger partial charge in [0.15, 0.2) is 0 Å². The summed E-state index contributed by atoms with van der Waals surface area (Å²) in [6.07, 6.45) is -0.420. The van der Waals surface area contributed by atoms with E-state index in [9.17, 15) is 9.59 Å². The summed E-state index contributed by atoms with van der Waals surface area (Å²) in [6, 6.07) is 0. The maximum absolute atomic E-state index is 11.6. The second-order valence-corrected chi connectivity index (χ2v) is 5.03. The van der Waals surface area contributed by atoms with E-state index >= 15 is 0 Å². The van der Waals surface area contributed by atoms with E-state index in [1.165, 1.54) is 19.1 Å². The van der Waals surface area contributed by atoms with Crippen LogP contribution in [-0.4, -0.2) is 68.5 Å². The van der Waals surface area contributed by atoms with E-state index in [0.717, 1.165) is 5.06 Å². The van der Waals surface area contributed by atoms with Crippen molar-refractivity contribution in [3.63, 3.8) is 0 Å². The summed E-state index contributed by atoms with van der Waals surface area (Å²) in [6.45, 7) is 5.90. The Morgan fingerprint density at radius 2 is 1.74 bits per heavy atom. The van der Waals surface area contributed by atoms with Crippen LogP contribution in [0.3, 0.4) is 0 Å². The molecular weight excluding hydrogens is 252 g/mol. The number of likely N-dealkylation sites (N-methyl/N-ethyl adjacent to an activating group) is 2. The fraction of sp³-hybridized carbons (Fsp3) is 0.833. The molecule has 0 aliphatic carbocycles. The lowest BCUT2D eigenvalue weighted by atomic mass is 10.2. The summed E-state index contributed by atoms with van der Waals surface area (Å²) in [5.74, 6) is -0.289. The van der Waals surface area contributed by atoms with Crippen molar-refractivity contribution in [2.75, 3.05) is 41.0 Å². The van der Waals surface area contributed by atoms with Crippen molar-refractivity contribution in [3.8, 4) is 0 Å². The van der Waals surface area contributed by atoms with E-state index in [1.54, 1.807) is 27.8 Å². The molecule has 0 aliphatic heterocycles. The zero-order chi connectivity index (χ0) is 15.1. The van der Waals surface area contributed by atoms with Gasteiger partial charge in [-0.05, 0) is 20.8 Å². The zero-order valence-electron chi connectivity index (χ0n) is 12.6. The fourth-order valence-corrected chi connectivity index (χ4v) is 0.985. The normalized spacial score (nSPS) is 11.1. The number of ether oxygens (including phenoxy) is 2. The quantitative estimate of drug-likeness (QED) is 0.532. The van der Waals surface area contributed by atoms with E-state index in [1.807, 2.05) is 0 Å². The molecule has 0 aromatic rings. The first-order valence-electron chi connectivity index (χ1n) is 6.00. The van der Waals surface area contributed by atoms with Gasteiger partial charge in [0, 0.05) is 20.6 Å². The highest BCUT2D eigenvalue weighted by molar-refractivity contribution is 5.76. The summed E-state index contributed by atoms with van der Waals surface area (Å²) in [5.41, 5.74) is -0.524. The number of hydrogen-bond donors (Lipinski definition) is 0. The van der Waals surface area contributed by atoms with Crippen molar-refractivity contribution >= 4 is 12.0 Å². The molecule has 112 valence electrons. The van der Waals surface area contributed by atoms with Gasteiger partial charge in [0.2, 0.25) is 0 Å². The highest BCUT2D eigenvalue weighted by atomic mass is 16.7. The van der Waals surface area contributed by atoms with Gasteiger partial charge in [0.25, 0.3) is 5.91 Å². The first-order chi connectivity index (χ1) is 8.67. The molecule has 0 atom stereocenters. The molecule has 0 saturated carbocycles. The summed E-state index contributed by atoms with van der Waals surface area (Å²) in [4.78, 5) is 29.0. The third-order valence-corrected chi connectivity index (χ3v) is 2.13. The molecule has 0 aromatic heterocycles. The summed E-state index contributed by atoms with van der Waals surface area (Å²) in [5, 5.41) is 1.08. The Bertz CT molecular complexity index is 301. The zero-order valence-corrected chi connectivity index (χ0v) is 12.6. The number of amides is 2. The van der Waals surface area contributed by atoms with Gasteiger partial charge in [-0.25, -0.2) is 9.86 Å². The van der Waals surface area contributed by atoms with E-state index in [0.29, 0.717) is 6.54 Å². The van der Waals surface area contributed by atoms with Gasteiger partial charge in [-0.15, -0.1) is 0 Å². The number of carbonyl (C=O) groups is 2. The maximum atomic E-state index is 11.6. The molecular formula is C12H24N2O5. The van der Waals surface area contributed by atoms with Gasteiger partial charge in [-0.2, -0.15) is 0 Å². The Morgan fingerprint density at radius 1 is 1.16 bits per heavy atom. The van der Waals surface area contributed by atoms with Gasteiger partial charge in [-0.3, -0.25) is 9.63 Å². The van der Waals surface area contributed by atoms with Gasteiger partial charge < -0.3 is 14.4 Å². The fourth-order valence-electron chi connectivity index (χ4n) is 0.985. The van der Waals surface area contributed by atoms with Gasteiger partial charge in [0.1, 0.15) is 12.2 Å². The van der Waals surface area contributed by atoms with E-state index < -0.39 is 11.7 Å². The lowest BCUT2D eigenvalue weighted by Gasteiger charge is -2.24. The molecule has 0 aliphatic rings. The molecule has 0 aromatic carbocycles. The number of carbonyl (C=O) groups excluding carboxylic acids is 2. The standard InChI is InChI=1S/C12H24N2O5/c1-12(2,3)19-11(16)13(4)7-8-18-9-10(15)14(5)17-6/h7-9H2,1-6H3. The van der Waals surface area contributed by atoms with Crippen LogP contribution in [0, 0.1) is 0 Å². The SMILES string of the molecule is CON(C)C(=O)COCCN(C)C(=O)OC(C)(C)C. The predicted octanol–water partition coefficient (Wildman–Crippen LogP) is 0.890. The lowest BCUT2D eigenvalue weighted by Crippen LogP contribution is -2.36. The smallest absolute Gasteiger partial charge is 0.410 e. The molecule has 7 nitrogen and oxygen atoms in total. The van der Waals surface area contributed by atoms with Crippen LogP contribution in [0.15, 0.2) is 0 Å². The molecule has 0 rings (SSSR count). The van der Waals surface area contributed by atoms with Crippen LogP contribution in [-0.2, 0) is 19.1 Å². The minimum absolute atomic E-state index is 0.0908. The van der Waals surface area contributed by atoms with Crippen LogP contribution in [0.5, 0.6) is 0 Å². The molecule has 0 spiro atoms. The minimum atomic E-state index is -0.524. The average Bonchev–Trinajstić information content (AvgIpc) is 2.30. The van der Waals surface area contributed by atoms with Crippen LogP contribution in [0.1, 0.15) is 20.8 Å². The van der Waals surface area contributed by atoms with Gasteiger partial charge in [0.05, 0.1) is 13.7 Å². The lowest BCUT2D eigenvalue weighted by molar-refractivity contribution is -0.173. The second-order valence-electron chi connectivity index (χ2n) is 5.03. The Hall–Kier alpha value is -1.34. The summed E-state index contributed by atoms with van der Waals surface area (Å²) >= 11 is 0. The van der Waals surface area contributed by atoms with Gasteiger partial charge >= 0.3 is 6.09 Å². The first kappa shape index (κ1) is 17.7. The summed E-state index contributed by atoms with van der Waals surface area (Å²) < 4.78 is 10.3. The number of rotatable bonds is 6. The highest BCUT2D eigenvalue weighted by Crippen LogP contribution is 2.08. The Morgan fingerprint density at radius 3 is 2.21 bits per heavy atom. The van der Waals surface area contributed by atoms with E-state index in [-0.39, 0.29) is 19.1 Å². The first-order valence-corrected chi connectivity index (χ1v) is 6.00. The highest BCUT2D eigenvalue weighted by Gasteiger charge is 2.19. The van der Waals surface area contributed by atoms with Crippen LogP contribution < -0.4 is 0 Å². The van der Waals surface area contributed by atoms with Gasteiger partial charge in [-0.1, -0.05) is 0 Å². The molecule has 0 fully saturated rings. The molecule has 2 amide bonds. The average molecular weight is 276 g/mol. The molecule has 19 heavy (non-hydrogen) atoms. The Kier molecular flexibility index (Phi) is 7.40. The van der Waals surface area contributed by atoms with E-state index in [4.69, 9.17) is 14.3 Å². The monoisotopic (exact) mass is 276 g/mol. The Labute approximate surface area is 114 Å². The van der Waals surface area contributed by atoms with Crippen molar-refractivity contribution in [2.24, 2.45) is 0 Å². The largest absolute Gasteiger partial charge is 0.444 e. The van der Waals surface area contributed by atoms with Crippen molar-refractivity contribution < 1.29 is 23.9 Å². The predicted molar refractivity (Wildman–Crippen MR) is 69.5 cm³/mol. The number of hydrogen-bond acceptors (Lipinski definition) is 5. The van der Waals surface area contributed by atoms with Crippen LogP contribution in [0.2, 0.25) is 0 Å². The minimum Gasteiger partial charge on any atom is -0.444 e. The molecule has 0 radical (unpaired) electrons. The third-order valence-electron chi connectivity index (χ3n) is 2.13. The van der Waals surface area contributed by atoms with Crippen LogP contribution >= 0.6 is 0 Å².